The topological polar surface area (TPSA) is 108 Å². The SMILES string of the molecule is CCn1ncc(C(=O)c2ccc(C[SH](=O)=O)c(OCCOC)c2Cl)c1O. The Morgan fingerprint density at radius 1 is 1.31 bits per heavy atom. The van der Waals surface area contributed by atoms with Crippen molar-refractivity contribution in [3.8, 4) is 11.6 Å². The summed E-state index contributed by atoms with van der Waals surface area (Å²) in [5.41, 5.74) is 0.418. The second-order valence-corrected chi connectivity index (χ2v) is 6.63. The Labute approximate surface area is 157 Å². The normalized spacial score (nSPS) is 11.1. The van der Waals surface area contributed by atoms with Gasteiger partial charge in [0.05, 0.1) is 23.6 Å². The van der Waals surface area contributed by atoms with Crippen molar-refractivity contribution in [2.75, 3.05) is 20.3 Å². The van der Waals surface area contributed by atoms with E-state index < -0.39 is 16.5 Å². The molecule has 26 heavy (non-hydrogen) atoms. The Morgan fingerprint density at radius 3 is 2.62 bits per heavy atom. The molecule has 0 saturated heterocycles. The van der Waals surface area contributed by atoms with Gasteiger partial charge in [-0.2, -0.15) is 5.10 Å². The zero-order valence-corrected chi connectivity index (χ0v) is 15.9. The number of hydrogen-bond donors (Lipinski definition) is 2. The number of aromatic hydroxyl groups is 1. The molecule has 0 unspecified atom stereocenters. The summed E-state index contributed by atoms with van der Waals surface area (Å²) < 4.78 is 33.9. The minimum absolute atomic E-state index is 0.000701. The molecular formula is C16H19ClN2O6S. The lowest BCUT2D eigenvalue weighted by molar-refractivity contribution is 0.103. The fourth-order valence-electron chi connectivity index (χ4n) is 2.33. The van der Waals surface area contributed by atoms with E-state index in [-0.39, 0.29) is 46.7 Å². The molecule has 142 valence electrons. The zero-order valence-electron chi connectivity index (χ0n) is 14.3. The molecule has 0 aliphatic rings. The number of halogens is 1. The van der Waals surface area contributed by atoms with Crippen LogP contribution < -0.4 is 4.74 Å². The van der Waals surface area contributed by atoms with E-state index in [2.05, 4.69) is 5.10 Å². The summed E-state index contributed by atoms with van der Waals surface area (Å²) in [7, 11) is -1.21. The van der Waals surface area contributed by atoms with Crippen LogP contribution in [0, 0.1) is 0 Å². The maximum absolute atomic E-state index is 12.7. The van der Waals surface area contributed by atoms with Crippen molar-refractivity contribution in [3.63, 3.8) is 0 Å². The third-order valence-corrected chi connectivity index (χ3v) is 4.59. The van der Waals surface area contributed by atoms with Crippen LogP contribution in [0.4, 0.5) is 0 Å². The lowest BCUT2D eigenvalue weighted by atomic mass is 10.0. The number of thiol groups is 1. The van der Waals surface area contributed by atoms with E-state index in [0.717, 1.165) is 0 Å². The highest BCUT2D eigenvalue weighted by atomic mass is 35.5. The van der Waals surface area contributed by atoms with Gasteiger partial charge in [-0.3, -0.25) is 4.79 Å². The van der Waals surface area contributed by atoms with E-state index in [1.165, 1.54) is 30.1 Å². The van der Waals surface area contributed by atoms with Crippen LogP contribution in [0.3, 0.4) is 0 Å². The summed E-state index contributed by atoms with van der Waals surface area (Å²) in [6.45, 7) is 2.57. The average molecular weight is 403 g/mol. The van der Waals surface area contributed by atoms with E-state index in [4.69, 9.17) is 21.1 Å². The van der Waals surface area contributed by atoms with Crippen molar-refractivity contribution in [3.05, 3.63) is 40.0 Å². The molecule has 0 aliphatic carbocycles. The van der Waals surface area contributed by atoms with E-state index in [0.29, 0.717) is 12.1 Å². The molecule has 1 heterocycles. The van der Waals surface area contributed by atoms with Crippen LogP contribution in [0.2, 0.25) is 5.02 Å². The van der Waals surface area contributed by atoms with Crippen LogP contribution in [0.15, 0.2) is 18.3 Å². The summed E-state index contributed by atoms with van der Waals surface area (Å²) in [5, 5.41) is 14.0. The van der Waals surface area contributed by atoms with E-state index in [9.17, 15) is 18.3 Å². The highest BCUT2D eigenvalue weighted by molar-refractivity contribution is 7.71. The first-order valence-electron chi connectivity index (χ1n) is 7.75. The van der Waals surface area contributed by atoms with Crippen LogP contribution in [-0.4, -0.2) is 49.4 Å². The number of rotatable bonds is 9. The van der Waals surface area contributed by atoms with Gasteiger partial charge in [-0.1, -0.05) is 17.7 Å². The summed E-state index contributed by atoms with van der Waals surface area (Å²) >= 11 is 6.32. The second kappa shape index (κ2) is 9.02. The molecule has 1 aromatic heterocycles. The van der Waals surface area contributed by atoms with Crippen LogP contribution in [0.5, 0.6) is 11.6 Å². The number of methoxy groups -OCH3 is 1. The van der Waals surface area contributed by atoms with Crippen LogP contribution in [0.1, 0.15) is 28.4 Å². The van der Waals surface area contributed by atoms with Crippen molar-refractivity contribution in [1.29, 1.82) is 0 Å². The van der Waals surface area contributed by atoms with Gasteiger partial charge in [-0.15, -0.1) is 0 Å². The standard InChI is InChI=1S/C16H19ClN2O6S/c1-3-19-16(21)12(8-18-19)14(20)11-5-4-10(9-26(22)23)15(13(11)17)25-7-6-24-2/h4-5,8,21,26H,3,6-7,9H2,1-2H3. The minimum atomic E-state index is -2.71. The number of carbonyl (C=O) groups excluding carboxylic acids is 1. The molecule has 1 N–H and O–H groups in total. The number of ketones is 1. The number of carbonyl (C=O) groups is 1. The van der Waals surface area contributed by atoms with E-state index >= 15 is 0 Å². The smallest absolute Gasteiger partial charge is 0.220 e. The quantitative estimate of drug-likeness (QED) is 0.373. The molecule has 0 radical (unpaired) electrons. The van der Waals surface area contributed by atoms with Gasteiger partial charge in [0.25, 0.3) is 0 Å². The van der Waals surface area contributed by atoms with Crippen molar-refractivity contribution in [1.82, 2.24) is 9.78 Å². The Hall–Kier alpha value is -2.10. The summed E-state index contributed by atoms with van der Waals surface area (Å²) in [4.78, 5) is 12.7. The Bertz CT molecular complexity index is 870. The molecule has 2 rings (SSSR count). The molecule has 0 atom stereocenters. The van der Waals surface area contributed by atoms with Crippen molar-refractivity contribution in [2.24, 2.45) is 0 Å². The Kier molecular flexibility index (Phi) is 7.01. The van der Waals surface area contributed by atoms with Crippen molar-refractivity contribution >= 4 is 28.1 Å². The van der Waals surface area contributed by atoms with Gasteiger partial charge in [0.2, 0.25) is 11.7 Å². The van der Waals surface area contributed by atoms with Crippen LogP contribution in [0.25, 0.3) is 0 Å². The number of aromatic nitrogens is 2. The lowest BCUT2D eigenvalue weighted by Gasteiger charge is -2.14. The molecule has 1 aromatic carbocycles. The molecule has 0 fully saturated rings. The zero-order chi connectivity index (χ0) is 19.3. The number of hydrogen-bond acceptors (Lipinski definition) is 7. The first-order valence-corrected chi connectivity index (χ1v) is 9.49. The van der Waals surface area contributed by atoms with Gasteiger partial charge >= 0.3 is 0 Å². The van der Waals surface area contributed by atoms with Crippen molar-refractivity contribution < 1.29 is 27.8 Å². The predicted octanol–water partition coefficient (Wildman–Crippen LogP) is 1.63. The highest BCUT2D eigenvalue weighted by Crippen LogP contribution is 2.35. The summed E-state index contributed by atoms with van der Waals surface area (Å²) in [6.07, 6.45) is 1.26. The van der Waals surface area contributed by atoms with Crippen LogP contribution in [-0.2, 0) is 27.7 Å². The van der Waals surface area contributed by atoms with Gasteiger partial charge in [-0.25, -0.2) is 13.1 Å². The largest absolute Gasteiger partial charge is 0.493 e. The fraction of sp³-hybridized carbons (Fsp3) is 0.375. The van der Waals surface area contributed by atoms with Gasteiger partial charge in [0.1, 0.15) is 28.6 Å². The molecule has 0 amide bonds. The van der Waals surface area contributed by atoms with E-state index in [1.54, 1.807) is 6.92 Å². The number of benzene rings is 1. The third-order valence-electron chi connectivity index (χ3n) is 3.61. The molecule has 8 nitrogen and oxygen atoms in total. The molecule has 0 bridgehead atoms. The second-order valence-electron chi connectivity index (χ2n) is 5.27. The fourth-order valence-corrected chi connectivity index (χ4v) is 3.19. The minimum Gasteiger partial charge on any atom is -0.493 e. The Balaban J connectivity index is 2.46. The first-order chi connectivity index (χ1) is 12.4. The highest BCUT2D eigenvalue weighted by Gasteiger charge is 2.23. The van der Waals surface area contributed by atoms with Gasteiger partial charge < -0.3 is 14.6 Å². The van der Waals surface area contributed by atoms with Crippen molar-refractivity contribution in [2.45, 2.75) is 19.2 Å². The molecular weight excluding hydrogens is 384 g/mol. The molecule has 0 saturated carbocycles. The maximum Gasteiger partial charge on any atom is 0.220 e. The van der Waals surface area contributed by atoms with Crippen LogP contribution >= 0.6 is 11.6 Å². The number of ether oxygens (including phenoxy) is 2. The Morgan fingerprint density at radius 2 is 2.04 bits per heavy atom. The molecule has 0 aliphatic heterocycles. The molecule has 0 spiro atoms. The summed E-state index contributed by atoms with van der Waals surface area (Å²) in [6, 6.07) is 2.87. The number of aryl methyl sites for hydroxylation is 1. The van der Waals surface area contributed by atoms with E-state index in [1.807, 2.05) is 0 Å². The maximum atomic E-state index is 12.7. The summed E-state index contributed by atoms with van der Waals surface area (Å²) in [5.74, 6) is -0.967. The molecule has 2 aromatic rings. The monoisotopic (exact) mass is 402 g/mol. The third kappa shape index (κ3) is 4.35. The van der Waals surface area contributed by atoms with Gasteiger partial charge in [-0.05, 0) is 13.0 Å². The first kappa shape index (κ1) is 20.2. The lowest BCUT2D eigenvalue weighted by Crippen LogP contribution is -2.09. The average Bonchev–Trinajstić information content (AvgIpc) is 2.97. The van der Waals surface area contributed by atoms with Gasteiger partial charge in [0, 0.05) is 24.8 Å². The number of nitrogens with zero attached hydrogens (tertiary/aromatic N) is 2. The predicted molar refractivity (Wildman–Crippen MR) is 95.8 cm³/mol. The molecule has 10 heteroatoms. The van der Waals surface area contributed by atoms with Gasteiger partial charge in [0.15, 0.2) is 0 Å².